The number of hydrogen-bond acceptors (Lipinski definition) is 1. The maximum Gasteiger partial charge on any atom is 0.128 e. The van der Waals surface area contributed by atoms with Crippen LogP contribution in [0, 0.1) is 0 Å². The summed E-state index contributed by atoms with van der Waals surface area (Å²) < 4.78 is 0. The summed E-state index contributed by atoms with van der Waals surface area (Å²) in [5.74, 6) is 0. The van der Waals surface area contributed by atoms with Gasteiger partial charge >= 0.3 is 0 Å². The monoisotopic (exact) mass is 142 g/mol. The van der Waals surface area contributed by atoms with Gasteiger partial charge in [0, 0.05) is 0 Å². The van der Waals surface area contributed by atoms with Gasteiger partial charge in [-0.15, -0.1) is 0 Å². The van der Waals surface area contributed by atoms with Crippen LogP contribution in [0.5, 0.6) is 0 Å². The first-order valence-electron chi connectivity index (χ1n) is 3.37. The van der Waals surface area contributed by atoms with E-state index >= 15 is 0 Å². The Hall–Kier alpha value is -0.373. The Morgan fingerprint density at radius 1 is 1.67 bits per heavy atom. The van der Waals surface area contributed by atoms with Crippen LogP contribution < -0.4 is 0 Å². The minimum atomic E-state index is -0.450. The fraction of sp³-hybridized carbons (Fsp3) is 0.571. The van der Waals surface area contributed by atoms with Crippen molar-refractivity contribution in [3.8, 4) is 0 Å². The van der Waals surface area contributed by atoms with E-state index in [1.165, 1.54) is 0 Å². The van der Waals surface area contributed by atoms with Crippen molar-refractivity contribution in [1.82, 2.24) is 0 Å². The van der Waals surface area contributed by atoms with Crippen LogP contribution in [0.25, 0.3) is 0 Å². The second kappa shape index (κ2) is 4.50. The summed E-state index contributed by atoms with van der Waals surface area (Å²) in [5.41, 5.74) is 0.745. The van der Waals surface area contributed by atoms with Gasteiger partial charge in [0.1, 0.15) is 14.9 Å². The number of allylic oxidation sites excluding steroid dienone is 1. The number of rotatable bonds is 4. The molecule has 0 spiro atoms. The molecule has 0 radical (unpaired) electrons. The third-order valence-corrected chi connectivity index (χ3v) is 3.35. The minimum absolute atomic E-state index is 0.344. The highest BCUT2D eigenvalue weighted by Gasteiger charge is 1.99. The molecular weight excluding hydrogens is 128 g/mol. The smallest absolute Gasteiger partial charge is 0.128 e. The van der Waals surface area contributed by atoms with E-state index in [4.69, 9.17) is 0 Å². The normalized spacial score (nSPS) is 10.4. The molecule has 0 aliphatic rings. The van der Waals surface area contributed by atoms with Gasteiger partial charge in [-0.3, -0.25) is 0 Å². The lowest BCUT2D eigenvalue weighted by atomic mass is 10.4. The first-order valence-corrected chi connectivity index (χ1v) is 5.08. The molecule has 2 heteroatoms. The highest BCUT2D eigenvalue weighted by atomic mass is 28.2. The topological polar surface area (TPSA) is 17.1 Å². The summed E-state index contributed by atoms with van der Waals surface area (Å²) in [5, 5.41) is 0.344. The first kappa shape index (κ1) is 8.63. The molecule has 52 valence electrons. The van der Waals surface area contributed by atoms with Crippen LogP contribution in [0.2, 0.25) is 6.04 Å². The van der Waals surface area contributed by atoms with Crippen LogP contribution in [-0.2, 0) is 4.79 Å². The van der Waals surface area contributed by atoms with Crippen LogP contribution in [0.3, 0.4) is 0 Å². The van der Waals surface area contributed by atoms with Gasteiger partial charge in [-0.2, -0.15) is 0 Å². The van der Waals surface area contributed by atoms with E-state index in [1.54, 1.807) is 6.92 Å². The highest BCUT2D eigenvalue weighted by molar-refractivity contribution is 6.77. The standard InChI is InChI=1S/C7H14OSi/c1-4-5-9-7(8)6(2)3/h2,4-5,9H2,1,3H3. The van der Waals surface area contributed by atoms with Crippen molar-refractivity contribution in [2.75, 3.05) is 0 Å². The molecule has 0 aromatic rings. The Morgan fingerprint density at radius 3 is 2.56 bits per heavy atom. The summed E-state index contributed by atoms with van der Waals surface area (Å²) in [4.78, 5) is 10.9. The lowest BCUT2D eigenvalue weighted by molar-refractivity contribution is -0.108. The second-order valence-corrected chi connectivity index (χ2v) is 4.16. The third kappa shape index (κ3) is 4.15. The van der Waals surface area contributed by atoms with Crippen LogP contribution in [0.1, 0.15) is 20.3 Å². The predicted octanol–water partition coefficient (Wildman–Crippen LogP) is 1.09. The molecule has 0 rings (SSSR count). The maximum absolute atomic E-state index is 10.9. The maximum atomic E-state index is 10.9. The quantitative estimate of drug-likeness (QED) is 0.424. The van der Waals surface area contributed by atoms with E-state index in [0.29, 0.717) is 5.41 Å². The van der Waals surface area contributed by atoms with Crippen molar-refractivity contribution in [3.05, 3.63) is 12.2 Å². The van der Waals surface area contributed by atoms with E-state index in [1.807, 2.05) is 0 Å². The molecule has 0 heterocycles. The third-order valence-electron chi connectivity index (χ3n) is 1.23. The Labute approximate surface area is 59.0 Å². The van der Waals surface area contributed by atoms with Gasteiger partial charge in [-0.25, -0.2) is 0 Å². The van der Waals surface area contributed by atoms with E-state index in [2.05, 4.69) is 13.5 Å². The minimum Gasteiger partial charge on any atom is -0.301 e. The van der Waals surface area contributed by atoms with E-state index < -0.39 is 9.52 Å². The lowest BCUT2D eigenvalue weighted by Gasteiger charge is -1.93. The van der Waals surface area contributed by atoms with Gasteiger partial charge in [0.05, 0.1) is 0 Å². The van der Waals surface area contributed by atoms with Crippen molar-refractivity contribution in [2.24, 2.45) is 0 Å². The average molecular weight is 142 g/mol. The number of carbonyl (C=O) groups excluding carboxylic acids is 1. The molecule has 0 unspecified atom stereocenters. The van der Waals surface area contributed by atoms with Gasteiger partial charge < -0.3 is 4.79 Å². The van der Waals surface area contributed by atoms with Crippen molar-refractivity contribution >= 4 is 14.9 Å². The van der Waals surface area contributed by atoms with Crippen LogP contribution in [0.15, 0.2) is 12.2 Å². The molecular formula is C7H14OSi. The Bertz CT molecular complexity index is 118. The number of hydrogen-bond donors (Lipinski definition) is 0. The molecule has 0 atom stereocenters. The summed E-state index contributed by atoms with van der Waals surface area (Å²) >= 11 is 0. The molecule has 0 N–H and O–H groups in total. The zero-order chi connectivity index (χ0) is 7.28. The molecule has 0 saturated heterocycles. The molecule has 1 nitrogen and oxygen atoms in total. The van der Waals surface area contributed by atoms with E-state index in [9.17, 15) is 4.79 Å². The molecule has 0 aliphatic heterocycles. The fourth-order valence-electron chi connectivity index (χ4n) is 0.551. The van der Waals surface area contributed by atoms with Crippen molar-refractivity contribution in [3.63, 3.8) is 0 Å². The lowest BCUT2D eigenvalue weighted by Crippen LogP contribution is -2.08. The van der Waals surface area contributed by atoms with Gasteiger partial charge in [0.25, 0.3) is 0 Å². The Balaban J connectivity index is 3.39. The molecule has 0 aromatic carbocycles. The van der Waals surface area contributed by atoms with E-state index in [-0.39, 0.29) is 0 Å². The van der Waals surface area contributed by atoms with Gasteiger partial charge in [0.15, 0.2) is 0 Å². The van der Waals surface area contributed by atoms with Gasteiger partial charge in [0.2, 0.25) is 0 Å². The summed E-state index contributed by atoms with van der Waals surface area (Å²) in [7, 11) is -0.450. The molecule has 0 amide bonds. The van der Waals surface area contributed by atoms with Gasteiger partial charge in [-0.1, -0.05) is 26.0 Å². The average Bonchev–Trinajstić information content (AvgIpc) is 1.82. The Kier molecular flexibility index (Phi) is 4.31. The summed E-state index contributed by atoms with van der Waals surface area (Å²) in [6, 6.07) is 1.13. The second-order valence-electron chi connectivity index (χ2n) is 2.31. The van der Waals surface area contributed by atoms with Crippen LogP contribution >= 0.6 is 0 Å². The molecule has 0 saturated carbocycles. The summed E-state index contributed by atoms with van der Waals surface area (Å²) in [6.07, 6.45) is 1.14. The Morgan fingerprint density at radius 2 is 2.22 bits per heavy atom. The molecule has 0 bridgehead atoms. The predicted molar refractivity (Wildman–Crippen MR) is 43.5 cm³/mol. The highest BCUT2D eigenvalue weighted by Crippen LogP contribution is 1.92. The first-order chi connectivity index (χ1) is 4.18. The van der Waals surface area contributed by atoms with Crippen molar-refractivity contribution in [1.29, 1.82) is 0 Å². The molecule has 0 aliphatic carbocycles. The zero-order valence-corrected chi connectivity index (χ0v) is 7.65. The van der Waals surface area contributed by atoms with Gasteiger partial charge in [-0.05, 0) is 12.5 Å². The number of carbonyl (C=O) groups is 1. The molecule has 9 heavy (non-hydrogen) atoms. The van der Waals surface area contributed by atoms with Crippen LogP contribution in [0.4, 0.5) is 0 Å². The zero-order valence-electron chi connectivity index (χ0n) is 6.24. The largest absolute Gasteiger partial charge is 0.301 e. The van der Waals surface area contributed by atoms with E-state index in [0.717, 1.165) is 18.0 Å². The van der Waals surface area contributed by atoms with Crippen molar-refractivity contribution in [2.45, 2.75) is 26.3 Å². The van der Waals surface area contributed by atoms with Crippen LogP contribution in [-0.4, -0.2) is 14.9 Å². The molecule has 0 fully saturated rings. The fourth-order valence-corrected chi connectivity index (χ4v) is 1.65. The molecule has 0 aromatic heterocycles. The SMILES string of the molecule is C=C(C)C(=O)[SiH2]CCC. The van der Waals surface area contributed by atoms with Crippen molar-refractivity contribution < 1.29 is 4.79 Å². The summed E-state index contributed by atoms with van der Waals surface area (Å²) in [6.45, 7) is 7.50.